The lowest BCUT2D eigenvalue weighted by atomic mass is 9.86. The number of carbonyl (C=O) groups is 1. The third kappa shape index (κ3) is 1.90. The Hall–Kier alpha value is -1.87. The van der Waals surface area contributed by atoms with Gasteiger partial charge in [-0.1, -0.05) is 42.5 Å². The summed E-state index contributed by atoms with van der Waals surface area (Å²) in [6.07, 6.45) is 2.15. The number of carboxylic acids is 1. The summed E-state index contributed by atoms with van der Waals surface area (Å²) in [6.45, 7) is 3.54. The van der Waals surface area contributed by atoms with E-state index in [-0.39, 0.29) is 0 Å². The molecular weight excluding hydrogens is 250 g/mol. The smallest absolute Gasteiger partial charge is 0.328 e. The first-order valence-corrected chi connectivity index (χ1v) is 7.11. The van der Waals surface area contributed by atoms with Crippen LogP contribution in [-0.2, 0) is 10.3 Å². The molecule has 3 nitrogen and oxygen atoms in total. The number of aliphatic carboxylic acids is 1. The molecule has 1 atom stereocenters. The summed E-state index contributed by atoms with van der Waals surface area (Å²) in [4.78, 5) is 14.1. The molecule has 0 radical (unpaired) electrons. The summed E-state index contributed by atoms with van der Waals surface area (Å²) in [5.74, 6) is -0.768. The Labute approximate surface area is 118 Å². The van der Waals surface area contributed by atoms with Crippen LogP contribution in [-0.4, -0.2) is 29.1 Å². The summed E-state index contributed by atoms with van der Waals surface area (Å²) >= 11 is 0. The van der Waals surface area contributed by atoms with Crippen molar-refractivity contribution in [2.75, 3.05) is 13.1 Å². The molecule has 2 aromatic carbocycles. The van der Waals surface area contributed by atoms with Crippen molar-refractivity contribution in [2.45, 2.75) is 25.3 Å². The largest absolute Gasteiger partial charge is 0.480 e. The van der Waals surface area contributed by atoms with Crippen LogP contribution in [0.2, 0.25) is 0 Å². The molecule has 20 heavy (non-hydrogen) atoms. The summed E-state index contributed by atoms with van der Waals surface area (Å²) < 4.78 is 0. The molecule has 1 N–H and O–H groups in total. The van der Waals surface area contributed by atoms with Crippen molar-refractivity contribution in [1.29, 1.82) is 0 Å². The molecule has 2 aromatic rings. The number of fused-ring (bicyclic) bond motifs is 1. The lowest BCUT2D eigenvalue weighted by Gasteiger charge is -2.36. The monoisotopic (exact) mass is 269 g/mol. The molecule has 1 unspecified atom stereocenters. The van der Waals surface area contributed by atoms with E-state index in [1.54, 1.807) is 0 Å². The molecule has 1 fully saturated rings. The molecule has 1 saturated heterocycles. The maximum absolute atomic E-state index is 12.0. The van der Waals surface area contributed by atoms with Crippen molar-refractivity contribution in [3.05, 3.63) is 48.0 Å². The van der Waals surface area contributed by atoms with Crippen LogP contribution < -0.4 is 0 Å². The summed E-state index contributed by atoms with van der Waals surface area (Å²) in [6, 6.07) is 13.9. The van der Waals surface area contributed by atoms with Crippen molar-refractivity contribution in [3.8, 4) is 0 Å². The molecule has 0 amide bonds. The average Bonchev–Trinajstić information content (AvgIpc) is 3.00. The normalized spacial score (nSPS) is 19.1. The van der Waals surface area contributed by atoms with Crippen LogP contribution in [0.15, 0.2) is 42.5 Å². The Morgan fingerprint density at radius 3 is 2.45 bits per heavy atom. The molecule has 104 valence electrons. The molecule has 1 heterocycles. The minimum absolute atomic E-state index is 0.768. The Morgan fingerprint density at radius 2 is 1.75 bits per heavy atom. The Morgan fingerprint density at radius 1 is 1.10 bits per heavy atom. The molecule has 1 aliphatic heterocycles. The van der Waals surface area contributed by atoms with E-state index in [1.165, 1.54) is 0 Å². The van der Waals surface area contributed by atoms with E-state index in [2.05, 4.69) is 4.90 Å². The number of nitrogens with zero attached hydrogens (tertiary/aromatic N) is 1. The van der Waals surface area contributed by atoms with Crippen LogP contribution in [0.1, 0.15) is 25.3 Å². The van der Waals surface area contributed by atoms with Crippen LogP contribution in [0.3, 0.4) is 0 Å². The van der Waals surface area contributed by atoms with Crippen molar-refractivity contribution >= 4 is 16.7 Å². The van der Waals surface area contributed by atoms with Gasteiger partial charge in [0.05, 0.1) is 0 Å². The van der Waals surface area contributed by atoms with Gasteiger partial charge in [0, 0.05) is 0 Å². The molecule has 1 aliphatic rings. The predicted molar refractivity (Wildman–Crippen MR) is 79.7 cm³/mol. The van der Waals surface area contributed by atoms with Gasteiger partial charge in [-0.05, 0) is 49.2 Å². The predicted octanol–water partition coefficient (Wildman–Crippen LogP) is 3.24. The van der Waals surface area contributed by atoms with Gasteiger partial charge in [-0.15, -0.1) is 0 Å². The Bertz CT molecular complexity index is 641. The highest BCUT2D eigenvalue weighted by molar-refractivity contribution is 5.92. The minimum atomic E-state index is -0.947. The second-order valence-corrected chi connectivity index (χ2v) is 5.60. The zero-order valence-electron chi connectivity index (χ0n) is 11.7. The van der Waals surface area contributed by atoms with E-state index < -0.39 is 11.5 Å². The Kier molecular flexibility index (Phi) is 3.22. The maximum Gasteiger partial charge on any atom is 0.328 e. The van der Waals surface area contributed by atoms with Gasteiger partial charge >= 0.3 is 5.97 Å². The van der Waals surface area contributed by atoms with Gasteiger partial charge in [-0.2, -0.15) is 0 Å². The number of likely N-dealkylation sites (tertiary alicyclic amines) is 1. The fourth-order valence-electron chi connectivity index (χ4n) is 3.24. The molecule has 0 bridgehead atoms. The van der Waals surface area contributed by atoms with Crippen molar-refractivity contribution < 1.29 is 9.90 Å². The fourth-order valence-corrected chi connectivity index (χ4v) is 3.24. The standard InChI is InChI=1S/C17H19NO2/c1-17(16(19)20,18-11-4-5-12-18)15-10-6-8-13-7-2-3-9-14(13)15/h2-3,6-10H,4-5,11-12H2,1H3,(H,19,20). The zero-order valence-corrected chi connectivity index (χ0v) is 11.7. The minimum Gasteiger partial charge on any atom is -0.480 e. The molecular formula is C17H19NO2. The first-order valence-electron chi connectivity index (χ1n) is 7.11. The summed E-state index contributed by atoms with van der Waals surface area (Å²) in [5, 5.41) is 12.0. The lowest BCUT2D eigenvalue weighted by Crippen LogP contribution is -2.48. The van der Waals surface area contributed by atoms with Gasteiger partial charge in [0.1, 0.15) is 5.54 Å². The van der Waals surface area contributed by atoms with Gasteiger partial charge in [0.25, 0.3) is 0 Å². The fraction of sp³-hybridized carbons (Fsp3) is 0.353. The quantitative estimate of drug-likeness (QED) is 0.930. The third-order valence-corrected chi connectivity index (χ3v) is 4.47. The number of carboxylic acid groups (broad SMARTS) is 1. The van der Waals surface area contributed by atoms with Gasteiger partial charge in [0.15, 0.2) is 0 Å². The first-order chi connectivity index (χ1) is 9.64. The molecule has 0 saturated carbocycles. The molecule has 0 aromatic heterocycles. The third-order valence-electron chi connectivity index (χ3n) is 4.47. The van der Waals surface area contributed by atoms with Gasteiger partial charge < -0.3 is 5.11 Å². The first kappa shape index (κ1) is 13.1. The van der Waals surface area contributed by atoms with Crippen LogP contribution >= 0.6 is 0 Å². The van der Waals surface area contributed by atoms with E-state index in [0.717, 1.165) is 42.3 Å². The van der Waals surface area contributed by atoms with Crippen LogP contribution in [0.5, 0.6) is 0 Å². The maximum atomic E-state index is 12.0. The van der Waals surface area contributed by atoms with Gasteiger partial charge in [-0.3, -0.25) is 4.90 Å². The van der Waals surface area contributed by atoms with E-state index in [0.29, 0.717) is 0 Å². The highest BCUT2D eigenvalue weighted by Gasteiger charge is 2.43. The number of rotatable bonds is 3. The number of benzene rings is 2. The summed E-state index contributed by atoms with van der Waals surface area (Å²) in [5.41, 5.74) is -0.0535. The van der Waals surface area contributed by atoms with Crippen LogP contribution in [0, 0.1) is 0 Å². The Balaban J connectivity index is 2.22. The highest BCUT2D eigenvalue weighted by Crippen LogP contribution is 2.36. The van der Waals surface area contributed by atoms with Crippen LogP contribution in [0.25, 0.3) is 10.8 Å². The second-order valence-electron chi connectivity index (χ2n) is 5.60. The van der Waals surface area contributed by atoms with Crippen LogP contribution in [0.4, 0.5) is 0 Å². The van der Waals surface area contributed by atoms with Gasteiger partial charge in [0.2, 0.25) is 0 Å². The van der Waals surface area contributed by atoms with E-state index in [4.69, 9.17) is 0 Å². The average molecular weight is 269 g/mol. The van der Waals surface area contributed by atoms with Crippen molar-refractivity contribution in [3.63, 3.8) is 0 Å². The zero-order chi connectivity index (χ0) is 14.2. The molecule has 3 heteroatoms. The van der Waals surface area contributed by atoms with E-state index >= 15 is 0 Å². The molecule has 0 spiro atoms. The molecule has 0 aliphatic carbocycles. The number of hydrogen-bond donors (Lipinski definition) is 1. The lowest BCUT2D eigenvalue weighted by molar-refractivity contribution is -0.150. The second kappa shape index (κ2) is 4.91. The molecule has 3 rings (SSSR count). The van der Waals surface area contributed by atoms with Crippen molar-refractivity contribution in [2.24, 2.45) is 0 Å². The number of hydrogen-bond acceptors (Lipinski definition) is 2. The van der Waals surface area contributed by atoms with E-state index in [9.17, 15) is 9.90 Å². The SMILES string of the molecule is CC(C(=O)O)(c1cccc2ccccc12)N1CCCC1. The highest BCUT2D eigenvalue weighted by atomic mass is 16.4. The van der Waals surface area contributed by atoms with E-state index in [1.807, 2.05) is 49.4 Å². The summed E-state index contributed by atoms with van der Waals surface area (Å²) in [7, 11) is 0. The van der Waals surface area contributed by atoms with Crippen molar-refractivity contribution in [1.82, 2.24) is 4.90 Å². The van der Waals surface area contributed by atoms with Gasteiger partial charge in [-0.25, -0.2) is 4.79 Å². The topological polar surface area (TPSA) is 40.5 Å².